The summed E-state index contributed by atoms with van der Waals surface area (Å²) >= 11 is 0. The Hall–Kier alpha value is -1.98. The van der Waals surface area contributed by atoms with Gasteiger partial charge in [-0.2, -0.15) is 0 Å². The second-order valence-corrected chi connectivity index (χ2v) is 5.36. The Morgan fingerprint density at radius 3 is 2.22 bits per heavy atom. The molecule has 3 atom stereocenters. The molecular formula is C16H20NNaO9. The van der Waals surface area contributed by atoms with Gasteiger partial charge in [0.1, 0.15) is 11.8 Å². The number of aliphatic hydroxyl groups is 1. The van der Waals surface area contributed by atoms with Gasteiger partial charge >= 0.3 is 53.4 Å². The minimum absolute atomic E-state index is 0. The summed E-state index contributed by atoms with van der Waals surface area (Å²) in [5.41, 5.74) is 6.24. The van der Waals surface area contributed by atoms with Gasteiger partial charge in [-0.25, -0.2) is 9.59 Å². The normalized spacial score (nSPS) is 13.4. The van der Waals surface area contributed by atoms with E-state index in [2.05, 4.69) is 4.74 Å². The number of ether oxygens (including phenoxy) is 2. The van der Waals surface area contributed by atoms with Crippen LogP contribution in [0.15, 0.2) is 24.3 Å². The van der Waals surface area contributed by atoms with E-state index in [4.69, 9.17) is 20.7 Å². The predicted molar refractivity (Wildman–Crippen MR) is 92.3 cm³/mol. The molecule has 0 radical (unpaired) electrons. The van der Waals surface area contributed by atoms with E-state index in [0.29, 0.717) is 5.75 Å². The molecule has 5 N–H and O–H groups in total. The molecule has 0 heterocycles. The molecule has 0 saturated carbocycles. The number of para-hydroxylation sites is 1. The molecule has 2 unspecified atom stereocenters. The van der Waals surface area contributed by atoms with Crippen LogP contribution in [0.2, 0.25) is 0 Å². The molecule has 10 nitrogen and oxygen atoms in total. The van der Waals surface area contributed by atoms with Gasteiger partial charge in [0.05, 0.1) is 0 Å². The first-order valence-electron chi connectivity index (χ1n) is 7.49. The van der Waals surface area contributed by atoms with Crippen molar-refractivity contribution in [2.45, 2.75) is 38.0 Å². The molecule has 1 rings (SSSR count). The molecule has 0 spiro atoms. The number of aliphatic carboxylic acids is 2. The number of aryl methyl sites for hydroxylation is 1. The fourth-order valence-electron chi connectivity index (χ4n) is 1.83. The number of esters is 2. The van der Waals surface area contributed by atoms with Crippen molar-refractivity contribution < 1.29 is 44.0 Å². The molecule has 27 heavy (non-hydrogen) atoms. The van der Waals surface area contributed by atoms with Crippen LogP contribution in [0.3, 0.4) is 0 Å². The van der Waals surface area contributed by atoms with Gasteiger partial charge < -0.3 is 30.5 Å². The minimum atomic E-state index is -2.45. The summed E-state index contributed by atoms with van der Waals surface area (Å²) < 4.78 is 9.53. The van der Waals surface area contributed by atoms with E-state index >= 15 is 0 Å². The third kappa shape index (κ3) is 8.06. The maximum absolute atomic E-state index is 11.8. The third-order valence-electron chi connectivity index (χ3n) is 3.31. The molecule has 0 aliphatic carbocycles. The molecule has 144 valence electrons. The average molecular weight is 393 g/mol. The second kappa shape index (κ2) is 11.7. The van der Waals surface area contributed by atoms with Crippen LogP contribution in [0.25, 0.3) is 0 Å². The fourth-order valence-corrected chi connectivity index (χ4v) is 1.83. The summed E-state index contributed by atoms with van der Waals surface area (Å²) in [4.78, 5) is 45.0. The summed E-state index contributed by atoms with van der Waals surface area (Å²) in [6.45, 7) is 1.74. The summed E-state index contributed by atoms with van der Waals surface area (Å²) in [6.07, 6.45) is -5.25. The molecule has 0 bridgehead atoms. The summed E-state index contributed by atoms with van der Waals surface area (Å²) in [5, 5.41) is 26.6. The van der Waals surface area contributed by atoms with Gasteiger partial charge in [-0.3, -0.25) is 9.59 Å². The van der Waals surface area contributed by atoms with E-state index in [1.165, 1.54) is 0 Å². The van der Waals surface area contributed by atoms with Crippen LogP contribution in [-0.2, 0) is 23.9 Å². The first kappa shape index (κ1) is 25.0. The van der Waals surface area contributed by atoms with E-state index in [-0.39, 0.29) is 42.4 Å². The predicted octanol–water partition coefficient (Wildman–Crippen LogP) is -1.20. The Morgan fingerprint density at radius 1 is 1.11 bits per heavy atom. The zero-order chi connectivity index (χ0) is 19.9. The van der Waals surface area contributed by atoms with Crippen LogP contribution < -0.4 is 10.5 Å². The summed E-state index contributed by atoms with van der Waals surface area (Å²) in [5.74, 6) is -5.30. The van der Waals surface area contributed by atoms with Crippen LogP contribution >= 0.6 is 0 Å². The van der Waals surface area contributed by atoms with Crippen molar-refractivity contribution in [3.8, 4) is 5.75 Å². The van der Waals surface area contributed by atoms with Crippen molar-refractivity contribution in [3.63, 3.8) is 0 Å². The van der Waals surface area contributed by atoms with Gasteiger partial charge in [0.15, 0.2) is 6.10 Å². The third-order valence-corrected chi connectivity index (χ3v) is 3.31. The van der Waals surface area contributed by atoms with Crippen LogP contribution in [0.1, 0.15) is 18.4 Å². The Balaban J connectivity index is 0.00000676. The molecule has 0 aliphatic rings. The van der Waals surface area contributed by atoms with Gasteiger partial charge in [-0.05, 0) is 25.0 Å². The van der Waals surface area contributed by atoms with Crippen LogP contribution in [0.5, 0.6) is 5.75 Å². The van der Waals surface area contributed by atoms with Crippen molar-refractivity contribution in [2.75, 3.05) is 0 Å². The molecule has 0 saturated heterocycles. The Bertz CT molecular complexity index is 694. The van der Waals surface area contributed by atoms with Crippen molar-refractivity contribution in [2.24, 2.45) is 5.73 Å². The van der Waals surface area contributed by atoms with Gasteiger partial charge in [0.25, 0.3) is 0 Å². The first-order chi connectivity index (χ1) is 12.1. The second-order valence-electron chi connectivity index (χ2n) is 5.36. The Labute approximate surface area is 176 Å². The number of hydrogen-bond acceptors (Lipinski definition) is 8. The fraction of sp³-hybridized carbons (Fsp3) is 0.375. The van der Waals surface area contributed by atoms with Crippen LogP contribution in [0.4, 0.5) is 0 Å². The van der Waals surface area contributed by atoms with Crippen LogP contribution in [-0.4, -0.2) is 87.0 Å². The quantitative estimate of drug-likeness (QED) is 0.227. The SMILES string of the molecule is Cc1ccccc1OC(=O)CC[C@H](N)C(=O)OC(C(=O)O)C(O)C(=O)O.[NaH]. The molecule has 0 amide bonds. The molecule has 0 aliphatic heterocycles. The van der Waals surface area contributed by atoms with E-state index in [1.54, 1.807) is 31.2 Å². The number of aliphatic hydroxyl groups excluding tert-OH is 1. The Morgan fingerprint density at radius 2 is 1.70 bits per heavy atom. The zero-order valence-corrected chi connectivity index (χ0v) is 13.8. The molecular weight excluding hydrogens is 373 g/mol. The number of carboxylic acid groups (broad SMARTS) is 2. The van der Waals surface area contributed by atoms with Gasteiger partial charge in [-0.1, -0.05) is 18.2 Å². The van der Waals surface area contributed by atoms with Crippen molar-refractivity contribution >= 4 is 53.4 Å². The monoisotopic (exact) mass is 393 g/mol. The molecule has 1 aromatic rings. The molecule has 0 aromatic heterocycles. The van der Waals surface area contributed by atoms with Gasteiger partial charge in [0.2, 0.25) is 6.10 Å². The average Bonchev–Trinajstić information content (AvgIpc) is 2.58. The summed E-state index contributed by atoms with van der Waals surface area (Å²) in [6, 6.07) is 5.38. The van der Waals surface area contributed by atoms with Crippen molar-refractivity contribution in [3.05, 3.63) is 29.8 Å². The van der Waals surface area contributed by atoms with E-state index in [9.17, 15) is 24.3 Å². The van der Waals surface area contributed by atoms with E-state index in [1.807, 2.05) is 0 Å². The number of hydrogen-bond donors (Lipinski definition) is 4. The molecule has 1 aromatic carbocycles. The van der Waals surface area contributed by atoms with Gasteiger partial charge in [0, 0.05) is 6.42 Å². The van der Waals surface area contributed by atoms with Crippen molar-refractivity contribution in [1.82, 2.24) is 0 Å². The number of benzene rings is 1. The number of nitrogens with two attached hydrogens (primary N) is 1. The zero-order valence-electron chi connectivity index (χ0n) is 13.8. The standard InChI is InChI=1S/C16H19NO9.Na.H/c1-8-4-2-3-5-10(8)25-11(18)7-6-9(17)16(24)26-13(15(22)23)12(19)14(20)21;;/h2-5,9,12-13,19H,6-7,17H2,1H3,(H,20,21)(H,22,23);;/t9-,12?,13?;;/m0../s1. The molecule has 11 heteroatoms. The Kier molecular flexibility index (Phi) is 10.8. The topological polar surface area (TPSA) is 173 Å². The number of carbonyl (C=O) groups is 4. The molecule has 0 fully saturated rings. The maximum atomic E-state index is 11.8. The van der Waals surface area contributed by atoms with E-state index in [0.717, 1.165) is 5.56 Å². The number of rotatable bonds is 9. The summed E-state index contributed by atoms with van der Waals surface area (Å²) in [7, 11) is 0. The first-order valence-corrected chi connectivity index (χ1v) is 7.49. The number of carbonyl (C=O) groups excluding carboxylic acids is 2. The van der Waals surface area contributed by atoms with Gasteiger partial charge in [-0.15, -0.1) is 0 Å². The number of carboxylic acids is 2. The van der Waals surface area contributed by atoms with Crippen molar-refractivity contribution in [1.29, 1.82) is 0 Å². The van der Waals surface area contributed by atoms with Crippen LogP contribution in [0, 0.1) is 6.92 Å². The van der Waals surface area contributed by atoms with E-state index < -0.39 is 42.1 Å².